The number of benzene rings is 3. The molecule has 0 aliphatic carbocycles. The highest BCUT2D eigenvalue weighted by molar-refractivity contribution is 7.18. The van der Waals surface area contributed by atoms with Gasteiger partial charge >= 0.3 is 5.97 Å². The number of carboxylic acid groups (broad SMARTS) is 1. The van der Waals surface area contributed by atoms with Crippen LogP contribution in [0.15, 0.2) is 66.9 Å². The summed E-state index contributed by atoms with van der Waals surface area (Å²) in [6.45, 7) is 18.5. The zero-order valence-corrected chi connectivity index (χ0v) is 45.6. The molecule has 73 heavy (non-hydrogen) atoms. The number of aldehydes is 2. The average Bonchev–Trinajstić information content (AvgIpc) is 3.98. The van der Waals surface area contributed by atoms with E-state index in [9.17, 15) is 29.1 Å². The Morgan fingerprint density at radius 3 is 2.34 bits per heavy atom. The third kappa shape index (κ3) is 15.3. The number of H-pyrrole nitrogens is 1. The van der Waals surface area contributed by atoms with Crippen LogP contribution < -0.4 is 25.2 Å². The van der Waals surface area contributed by atoms with Gasteiger partial charge in [-0.15, -0.1) is 11.3 Å². The minimum absolute atomic E-state index is 0.0122. The van der Waals surface area contributed by atoms with Gasteiger partial charge in [-0.05, 0) is 97.1 Å². The highest BCUT2D eigenvalue weighted by atomic mass is 35.5. The third-order valence-corrected chi connectivity index (χ3v) is 14.1. The average molecular weight is 1040 g/mol. The molecule has 0 spiro atoms. The maximum Gasteiger partial charge on any atom is 0.349 e. The van der Waals surface area contributed by atoms with Crippen molar-refractivity contribution in [3.63, 3.8) is 0 Å². The van der Waals surface area contributed by atoms with Crippen molar-refractivity contribution in [2.24, 2.45) is 5.41 Å². The molecule has 1 aliphatic rings. The minimum Gasteiger partial charge on any atom is -0.483 e. The van der Waals surface area contributed by atoms with Crippen LogP contribution in [0.5, 0.6) is 5.75 Å². The molecule has 1 saturated heterocycles. The van der Waals surface area contributed by atoms with Gasteiger partial charge in [-0.3, -0.25) is 19.4 Å². The first-order valence-electron chi connectivity index (χ1n) is 25.1. The fourth-order valence-corrected chi connectivity index (χ4v) is 10.6. The zero-order valence-electron chi connectivity index (χ0n) is 44.0. The van der Waals surface area contributed by atoms with Crippen molar-refractivity contribution in [2.75, 3.05) is 49.0 Å². The number of anilines is 3. The Labute approximate surface area is 439 Å². The van der Waals surface area contributed by atoms with E-state index in [0.29, 0.717) is 35.2 Å². The zero-order chi connectivity index (χ0) is 53.8. The predicted octanol–water partition coefficient (Wildman–Crippen LogP) is 11.4. The first kappa shape index (κ1) is 59.2. The van der Waals surface area contributed by atoms with Gasteiger partial charge in [-0.1, -0.05) is 103 Å². The fraction of sp³-hybridized carbons (Fsp3) is 0.446. The summed E-state index contributed by atoms with van der Waals surface area (Å²) in [4.78, 5) is 75.5. The van der Waals surface area contributed by atoms with E-state index >= 15 is 0 Å². The molecule has 3 aromatic carbocycles. The number of hydrogen-bond acceptors (Lipinski definition) is 12. The number of halogens is 1. The molecule has 394 valence electrons. The highest BCUT2D eigenvalue weighted by Crippen LogP contribution is 2.46. The van der Waals surface area contributed by atoms with Gasteiger partial charge in [0.1, 0.15) is 35.3 Å². The SMILES string of the molecule is CC.CCCC(CC(C)(C)C)Nc1cccc(-c2sc(C(=O)O)c(OCC=O)c2Cl)c1.CCc1cnc2cc(N3CCC(c4ccc(N(C=O)C(CCC=O)C(=O)NC)c5c(C)cccc45)CC3)[nH]c2n1.CO. The van der Waals surface area contributed by atoms with E-state index in [0.717, 1.165) is 127 Å². The third-order valence-electron chi connectivity index (χ3n) is 12.4. The van der Waals surface area contributed by atoms with Crippen LogP contribution in [0.4, 0.5) is 17.2 Å². The number of aliphatic hydroxyl groups excluding tert-OH is 1. The van der Waals surface area contributed by atoms with Crippen molar-refractivity contribution in [3.05, 3.63) is 93.6 Å². The van der Waals surface area contributed by atoms with E-state index in [4.69, 9.17) is 21.4 Å². The molecule has 1 aliphatic heterocycles. The van der Waals surface area contributed by atoms with E-state index in [-0.39, 0.29) is 46.4 Å². The predicted molar refractivity (Wildman–Crippen MR) is 297 cm³/mol. The Balaban J connectivity index is 0.000000311. The Bertz CT molecular complexity index is 2760. The largest absolute Gasteiger partial charge is 0.483 e. The number of fused-ring (bicyclic) bond motifs is 2. The van der Waals surface area contributed by atoms with E-state index in [1.54, 1.807) is 7.05 Å². The van der Waals surface area contributed by atoms with E-state index in [1.807, 2.05) is 69.4 Å². The van der Waals surface area contributed by atoms with Gasteiger partial charge in [-0.25, -0.2) is 9.78 Å². The fourth-order valence-electron chi connectivity index (χ4n) is 9.21. The van der Waals surface area contributed by atoms with Gasteiger partial charge in [0, 0.05) is 63.0 Å². The Hall–Kier alpha value is -6.36. The highest BCUT2D eigenvalue weighted by Gasteiger charge is 2.30. The number of aromatic nitrogens is 3. The molecule has 17 heteroatoms. The van der Waals surface area contributed by atoms with Crippen molar-refractivity contribution < 1.29 is 38.9 Å². The lowest BCUT2D eigenvalue weighted by Crippen LogP contribution is -2.45. The molecular formula is C56H74ClN7O8S. The lowest BCUT2D eigenvalue weighted by molar-refractivity contribution is -0.123. The van der Waals surface area contributed by atoms with Crippen LogP contribution in [0.25, 0.3) is 32.4 Å². The molecule has 0 radical (unpaired) electrons. The molecule has 6 aromatic rings. The molecule has 0 saturated carbocycles. The molecule has 2 amide bonds. The van der Waals surface area contributed by atoms with Gasteiger partial charge in [0.25, 0.3) is 0 Å². The number of amides is 2. The van der Waals surface area contributed by atoms with Crippen LogP contribution >= 0.6 is 22.9 Å². The number of carbonyl (C=O) groups is 5. The lowest BCUT2D eigenvalue weighted by atomic mass is 9.85. The number of carbonyl (C=O) groups excluding carboxylic acids is 4. The Morgan fingerprint density at radius 1 is 1.01 bits per heavy atom. The summed E-state index contributed by atoms with van der Waals surface area (Å²) < 4.78 is 5.28. The molecular weight excluding hydrogens is 966 g/mol. The van der Waals surface area contributed by atoms with Crippen molar-refractivity contribution in [3.8, 4) is 16.2 Å². The van der Waals surface area contributed by atoms with Crippen LogP contribution in [-0.4, -0.2) is 102 Å². The second-order valence-corrected chi connectivity index (χ2v) is 20.0. The molecule has 2 unspecified atom stereocenters. The maximum atomic E-state index is 12.7. The summed E-state index contributed by atoms with van der Waals surface area (Å²) in [5.74, 6) is 0.0273. The second kappa shape index (κ2) is 28.8. The number of carboxylic acids is 1. The van der Waals surface area contributed by atoms with Gasteiger partial charge in [-0.2, -0.15) is 0 Å². The Morgan fingerprint density at radius 2 is 1.73 bits per heavy atom. The second-order valence-electron chi connectivity index (χ2n) is 18.6. The normalized spacial score (nSPS) is 13.2. The van der Waals surface area contributed by atoms with Crippen molar-refractivity contribution >= 4 is 92.9 Å². The number of hydrogen-bond donors (Lipinski definition) is 5. The summed E-state index contributed by atoms with van der Waals surface area (Å²) in [5, 5.41) is 25.0. The molecule has 0 bridgehead atoms. The quantitative estimate of drug-likeness (QED) is 0.0453. The first-order chi connectivity index (χ1) is 35.1. The smallest absolute Gasteiger partial charge is 0.349 e. The number of ether oxygens (including phenoxy) is 1. The van der Waals surface area contributed by atoms with Crippen LogP contribution in [0.2, 0.25) is 5.02 Å². The number of likely N-dealkylation sites (N-methyl/N-ethyl adjacent to an activating group) is 1. The molecule has 1 fully saturated rings. The van der Waals surface area contributed by atoms with Crippen LogP contribution in [-0.2, 0) is 25.6 Å². The number of aromatic carboxylic acids is 1. The van der Waals surface area contributed by atoms with Crippen LogP contribution in [0, 0.1) is 12.3 Å². The van der Waals surface area contributed by atoms with Gasteiger partial charge in [0.05, 0.1) is 16.3 Å². The van der Waals surface area contributed by atoms with Crippen molar-refractivity contribution in [1.29, 1.82) is 0 Å². The maximum absolute atomic E-state index is 12.7. The number of aryl methyl sites for hydroxylation is 2. The number of piperidine rings is 1. The number of aromatic amines is 1. The molecule has 3 aromatic heterocycles. The summed E-state index contributed by atoms with van der Waals surface area (Å²) >= 11 is 7.47. The summed E-state index contributed by atoms with van der Waals surface area (Å²) in [6.07, 6.45) is 10.3. The van der Waals surface area contributed by atoms with Crippen molar-refractivity contribution in [1.82, 2.24) is 20.3 Å². The topological polar surface area (TPSA) is 207 Å². The molecule has 5 N–H and O–H groups in total. The molecule has 4 heterocycles. The summed E-state index contributed by atoms with van der Waals surface area (Å²) in [7, 11) is 2.54. The summed E-state index contributed by atoms with van der Waals surface area (Å²) in [5.41, 5.74) is 7.64. The number of nitrogens with one attached hydrogen (secondary N) is 3. The minimum atomic E-state index is -1.13. The monoisotopic (exact) mass is 1040 g/mol. The van der Waals surface area contributed by atoms with Crippen molar-refractivity contribution in [2.45, 2.75) is 125 Å². The van der Waals surface area contributed by atoms with E-state index < -0.39 is 12.0 Å². The molecule has 15 nitrogen and oxygen atoms in total. The number of nitrogens with zero attached hydrogens (tertiary/aromatic N) is 4. The standard InChI is InChI=1S/C31H36N6O3.C22H28ClNO4S.C2H6.CH4O/c1-4-22-18-33-25-17-28(35-30(25)34-22)36-14-12-21(13-15-36)23-10-11-26(29-20(2)7-5-8-24(23)29)37(19-39)27(9-6-16-38)31(40)32-3;1-5-7-16(13-22(2,3)4)24-15-9-6-8-14(12-15)19-17(23)18(28-11-10-25)20(29-19)21(26)27;2*1-2/h5,7-8,10-11,16-19,21,27H,4,6,9,12-15H2,1-3H3,(H,32,40)(H,34,35);6,8-10,12,16,24H,5,7,11,13H2,1-4H3,(H,26,27);1-2H3;2H,1H3. The van der Waals surface area contributed by atoms with E-state index in [1.165, 1.54) is 10.5 Å². The first-order valence-corrected chi connectivity index (χ1v) is 26.3. The molecule has 7 rings (SSSR count). The number of rotatable bonds is 20. The lowest BCUT2D eigenvalue weighted by Gasteiger charge is -2.34. The van der Waals surface area contributed by atoms with Crippen LogP contribution in [0.3, 0.4) is 0 Å². The van der Waals surface area contributed by atoms with Gasteiger partial charge in [0.15, 0.2) is 22.6 Å². The number of thiophene rings is 1. The summed E-state index contributed by atoms with van der Waals surface area (Å²) in [6, 6.07) is 19.7. The van der Waals surface area contributed by atoms with Gasteiger partial charge in [0.2, 0.25) is 12.3 Å². The van der Waals surface area contributed by atoms with Crippen LogP contribution in [0.1, 0.15) is 126 Å². The number of aliphatic hydroxyl groups is 1. The molecule has 2 atom stereocenters. The van der Waals surface area contributed by atoms with Gasteiger partial charge < -0.3 is 45.2 Å². The Kier molecular flexibility index (Phi) is 23.3. The van der Waals surface area contributed by atoms with E-state index in [2.05, 4.69) is 83.3 Å².